The molecule has 0 unspecified atom stereocenters. The van der Waals surface area contributed by atoms with Crippen molar-refractivity contribution in [3.05, 3.63) is 52.6 Å². The van der Waals surface area contributed by atoms with Crippen molar-refractivity contribution in [1.29, 1.82) is 0 Å². The second-order valence-electron chi connectivity index (χ2n) is 6.74. The smallest absolute Gasteiger partial charge is 0.271 e. The quantitative estimate of drug-likeness (QED) is 0.562. The zero-order valence-corrected chi connectivity index (χ0v) is 16.5. The molecule has 154 valence electrons. The van der Waals surface area contributed by atoms with Crippen molar-refractivity contribution >= 4 is 17.3 Å². The number of rotatable bonds is 7. The fourth-order valence-corrected chi connectivity index (χ4v) is 2.98. The normalized spacial score (nSPS) is 16.2. The number of non-ortho nitro benzene ring substituents is 1. The van der Waals surface area contributed by atoms with Crippen molar-refractivity contribution in [2.24, 2.45) is 0 Å². The van der Waals surface area contributed by atoms with Crippen LogP contribution in [0.1, 0.15) is 6.92 Å². The van der Waals surface area contributed by atoms with Gasteiger partial charge in [0, 0.05) is 18.7 Å². The minimum absolute atomic E-state index is 0.131. The lowest BCUT2D eigenvalue weighted by Crippen LogP contribution is -2.46. The Bertz CT molecular complexity index is 904. The number of hydrogen-bond acceptors (Lipinski definition) is 7. The van der Waals surface area contributed by atoms with Gasteiger partial charge in [-0.05, 0) is 32.2 Å². The summed E-state index contributed by atoms with van der Waals surface area (Å²) >= 11 is 0. The van der Waals surface area contributed by atoms with Gasteiger partial charge < -0.3 is 19.5 Å². The molecule has 0 radical (unpaired) electrons. The summed E-state index contributed by atoms with van der Waals surface area (Å²) in [7, 11) is 3.24. The number of anilines is 1. The van der Waals surface area contributed by atoms with E-state index in [9.17, 15) is 14.9 Å². The van der Waals surface area contributed by atoms with Gasteiger partial charge in [0.2, 0.25) is 5.91 Å². The third-order valence-corrected chi connectivity index (χ3v) is 4.75. The number of ether oxygens (including phenoxy) is 3. The fourth-order valence-electron chi connectivity index (χ4n) is 2.98. The molecule has 9 heteroatoms. The largest absolute Gasteiger partial charge is 0.495 e. The number of para-hydroxylation sites is 2. The summed E-state index contributed by atoms with van der Waals surface area (Å²) in [6.45, 7) is 2.60. The molecule has 2 aromatic carbocycles. The lowest BCUT2D eigenvalue weighted by molar-refractivity contribution is -0.384. The van der Waals surface area contributed by atoms with Gasteiger partial charge in [-0.1, -0.05) is 12.1 Å². The molecule has 3 rings (SSSR count). The highest BCUT2D eigenvalue weighted by atomic mass is 16.6. The molecule has 1 aliphatic heterocycles. The third-order valence-electron chi connectivity index (χ3n) is 4.75. The zero-order valence-electron chi connectivity index (χ0n) is 16.5. The van der Waals surface area contributed by atoms with Gasteiger partial charge in [-0.25, -0.2) is 0 Å². The van der Waals surface area contributed by atoms with Gasteiger partial charge in [-0.3, -0.25) is 19.8 Å². The lowest BCUT2D eigenvalue weighted by atomic mass is 10.2. The van der Waals surface area contributed by atoms with Crippen molar-refractivity contribution in [2.45, 2.75) is 19.1 Å². The molecule has 0 saturated heterocycles. The van der Waals surface area contributed by atoms with E-state index in [2.05, 4.69) is 5.32 Å². The molecule has 0 aliphatic carbocycles. The number of carbonyl (C=O) groups excluding carboxylic acids is 1. The second-order valence-corrected chi connectivity index (χ2v) is 6.74. The van der Waals surface area contributed by atoms with E-state index < -0.39 is 11.0 Å². The molecule has 9 nitrogen and oxygen atoms in total. The van der Waals surface area contributed by atoms with Gasteiger partial charge >= 0.3 is 0 Å². The van der Waals surface area contributed by atoms with Crippen LogP contribution in [0.15, 0.2) is 42.5 Å². The predicted octanol–water partition coefficient (Wildman–Crippen LogP) is 2.70. The number of nitro groups is 1. The van der Waals surface area contributed by atoms with E-state index in [1.165, 1.54) is 25.3 Å². The molecule has 0 fully saturated rings. The molecule has 0 saturated carbocycles. The number of methoxy groups -OCH3 is 1. The molecule has 0 bridgehead atoms. The SMILES string of the molecule is COc1ccc([N+](=O)[O-])cc1NC(=O)[C@@H](C)N(C)C[C@@H]1COc2ccccc2O1. The molecule has 2 atom stereocenters. The van der Waals surface area contributed by atoms with Gasteiger partial charge in [0.1, 0.15) is 18.5 Å². The first-order valence-corrected chi connectivity index (χ1v) is 9.11. The van der Waals surface area contributed by atoms with E-state index in [1.807, 2.05) is 29.2 Å². The number of hydrogen-bond donors (Lipinski definition) is 1. The monoisotopic (exact) mass is 401 g/mol. The van der Waals surface area contributed by atoms with Crippen molar-refractivity contribution in [1.82, 2.24) is 4.90 Å². The van der Waals surface area contributed by atoms with Crippen molar-refractivity contribution in [3.8, 4) is 17.2 Å². The number of benzene rings is 2. The highest BCUT2D eigenvalue weighted by Gasteiger charge is 2.26. The molecule has 2 aromatic rings. The Balaban J connectivity index is 1.63. The van der Waals surface area contributed by atoms with E-state index in [0.717, 1.165) is 0 Å². The minimum Gasteiger partial charge on any atom is -0.495 e. The highest BCUT2D eigenvalue weighted by Crippen LogP contribution is 2.31. The number of nitro benzene ring substituents is 1. The molecule has 1 amide bonds. The van der Waals surface area contributed by atoms with Crippen LogP contribution in [0.5, 0.6) is 17.2 Å². The van der Waals surface area contributed by atoms with Crippen LogP contribution in [0.2, 0.25) is 0 Å². The highest BCUT2D eigenvalue weighted by molar-refractivity contribution is 5.96. The first-order valence-electron chi connectivity index (χ1n) is 9.11. The van der Waals surface area contributed by atoms with Crippen LogP contribution >= 0.6 is 0 Å². The number of carbonyl (C=O) groups is 1. The second kappa shape index (κ2) is 8.78. The van der Waals surface area contributed by atoms with E-state index in [1.54, 1.807) is 14.0 Å². The van der Waals surface area contributed by atoms with Crippen LogP contribution in [0.3, 0.4) is 0 Å². The van der Waals surface area contributed by atoms with Gasteiger partial charge in [-0.2, -0.15) is 0 Å². The van der Waals surface area contributed by atoms with E-state index in [4.69, 9.17) is 14.2 Å². The van der Waals surface area contributed by atoms with Crippen LogP contribution < -0.4 is 19.5 Å². The first kappa shape index (κ1) is 20.4. The molecule has 29 heavy (non-hydrogen) atoms. The summed E-state index contributed by atoms with van der Waals surface area (Å²) in [6.07, 6.45) is -0.225. The van der Waals surface area contributed by atoms with Crippen molar-refractivity contribution < 1.29 is 23.9 Å². The summed E-state index contributed by atoms with van der Waals surface area (Å²) in [5, 5.41) is 13.7. The lowest BCUT2D eigenvalue weighted by Gasteiger charge is -2.31. The molecular formula is C20H23N3O6. The minimum atomic E-state index is -0.525. The standard InChI is InChI=1S/C20H23N3O6/c1-13(20(24)21-16-10-14(23(25)26)8-9-17(16)27-3)22(2)11-15-12-28-18-6-4-5-7-19(18)29-15/h4-10,13,15H,11-12H2,1-3H3,(H,21,24)/t13-,15-/m1/s1. The molecule has 0 spiro atoms. The van der Waals surface area contributed by atoms with E-state index >= 15 is 0 Å². The van der Waals surface area contributed by atoms with E-state index in [0.29, 0.717) is 30.4 Å². The summed E-state index contributed by atoms with van der Waals surface area (Å²) in [5.41, 5.74) is 0.117. The Morgan fingerprint density at radius 1 is 1.34 bits per heavy atom. The van der Waals surface area contributed by atoms with E-state index in [-0.39, 0.29) is 23.4 Å². The number of nitrogens with one attached hydrogen (secondary N) is 1. The van der Waals surface area contributed by atoms with Crippen LogP contribution in [-0.2, 0) is 4.79 Å². The molecule has 1 heterocycles. The molecule has 1 aliphatic rings. The summed E-state index contributed by atoms with van der Waals surface area (Å²) < 4.78 is 16.8. The van der Waals surface area contributed by atoms with Crippen LogP contribution in [0.25, 0.3) is 0 Å². The summed E-state index contributed by atoms with van der Waals surface area (Å²) in [6, 6.07) is 11.0. The Kier molecular flexibility index (Phi) is 6.18. The van der Waals surface area contributed by atoms with Crippen molar-refractivity contribution in [2.75, 3.05) is 32.6 Å². The number of amides is 1. The Morgan fingerprint density at radius 2 is 2.07 bits per heavy atom. The Morgan fingerprint density at radius 3 is 2.76 bits per heavy atom. The van der Waals surface area contributed by atoms with Gasteiger partial charge in [0.25, 0.3) is 5.69 Å². The fraction of sp³-hybridized carbons (Fsp3) is 0.350. The summed E-state index contributed by atoms with van der Waals surface area (Å²) in [4.78, 5) is 25.0. The van der Waals surface area contributed by atoms with Crippen LogP contribution in [0.4, 0.5) is 11.4 Å². The topological polar surface area (TPSA) is 103 Å². The summed E-state index contributed by atoms with van der Waals surface area (Å²) in [5.74, 6) is 1.41. The maximum atomic E-state index is 12.7. The van der Waals surface area contributed by atoms with Crippen LogP contribution in [0, 0.1) is 10.1 Å². The number of nitrogens with zero attached hydrogens (tertiary/aromatic N) is 2. The molecular weight excluding hydrogens is 378 g/mol. The maximum Gasteiger partial charge on any atom is 0.271 e. The van der Waals surface area contributed by atoms with Gasteiger partial charge in [0.05, 0.1) is 23.8 Å². The Hall–Kier alpha value is -3.33. The zero-order chi connectivity index (χ0) is 21.0. The third kappa shape index (κ3) is 4.75. The Labute approximate surface area is 168 Å². The number of fused-ring (bicyclic) bond motifs is 1. The average molecular weight is 401 g/mol. The maximum absolute atomic E-state index is 12.7. The molecule has 1 N–H and O–H groups in total. The number of likely N-dealkylation sites (N-methyl/N-ethyl adjacent to an activating group) is 1. The van der Waals surface area contributed by atoms with Crippen molar-refractivity contribution in [3.63, 3.8) is 0 Å². The molecule has 0 aromatic heterocycles. The van der Waals surface area contributed by atoms with Gasteiger partial charge in [0.15, 0.2) is 11.5 Å². The predicted molar refractivity (Wildman–Crippen MR) is 107 cm³/mol. The average Bonchev–Trinajstić information content (AvgIpc) is 2.72. The van der Waals surface area contributed by atoms with Crippen LogP contribution in [-0.4, -0.2) is 55.2 Å². The van der Waals surface area contributed by atoms with Gasteiger partial charge in [-0.15, -0.1) is 0 Å². The first-order chi connectivity index (χ1) is 13.9.